The number of benzene rings is 2. The van der Waals surface area contributed by atoms with E-state index in [0.29, 0.717) is 41.1 Å². The lowest BCUT2D eigenvalue weighted by molar-refractivity contribution is -0.113. The van der Waals surface area contributed by atoms with Gasteiger partial charge in [0, 0.05) is 22.1 Å². The number of hydrogen-bond acceptors (Lipinski definition) is 7. The van der Waals surface area contributed by atoms with Gasteiger partial charge >= 0.3 is 5.97 Å². The molecule has 0 saturated carbocycles. The van der Waals surface area contributed by atoms with Crippen molar-refractivity contribution in [1.82, 2.24) is 14.8 Å². The van der Waals surface area contributed by atoms with E-state index in [-0.39, 0.29) is 11.7 Å². The van der Waals surface area contributed by atoms with Gasteiger partial charge in [-0.15, -0.1) is 16.8 Å². The third kappa shape index (κ3) is 6.01. The maximum Gasteiger partial charge on any atom is 0.338 e. The number of hydrogen-bond donors (Lipinski definition) is 1. The first-order chi connectivity index (χ1) is 17.0. The van der Waals surface area contributed by atoms with Crippen LogP contribution in [0.4, 0.5) is 5.69 Å². The Morgan fingerprint density at radius 2 is 2.09 bits per heavy atom. The van der Waals surface area contributed by atoms with Crippen molar-refractivity contribution < 1.29 is 18.7 Å². The molecule has 0 spiro atoms. The van der Waals surface area contributed by atoms with E-state index in [2.05, 4.69) is 38.0 Å². The number of carbonyl (C=O) groups excluding carboxylic acids is 2. The van der Waals surface area contributed by atoms with Crippen LogP contribution < -0.4 is 5.32 Å². The average Bonchev–Trinajstić information content (AvgIpc) is 3.45. The van der Waals surface area contributed by atoms with Crippen molar-refractivity contribution in [2.75, 3.05) is 17.7 Å². The Morgan fingerprint density at radius 1 is 1.23 bits per heavy atom. The Labute approximate surface area is 214 Å². The van der Waals surface area contributed by atoms with Crippen LogP contribution >= 0.6 is 27.7 Å². The van der Waals surface area contributed by atoms with Crippen molar-refractivity contribution in [3.05, 3.63) is 71.2 Å². The number of nitrogens with one attached hydrogen (secondary N) is 1. The van der Waals surface area contributed by atoms with Crippen LogP contribution in [0.25, 0.3) is 22.6 Å². The lowest BCUT2D eigenvalue weighted by Gasteiger charge is -2.08. The van der Waals surface area contributed by atoms with Crippen LogP contribution in [-0.4, -0.2) is 39.0 Å². The van der Waals surface area contributed by atoms with E-state index in [1.54, 1.807) is 30.3 Å². The largest absolute Gasteiger partial charge is 0.462 e. The third-order valence-corrected chi connectivity index (χ3v) is 6.34. The number of carbonyl (C=O) groups is 2. The molecule has 4 rings (SSSR count). The fourth-order valence-corrected chi connectivity index (χ4v) is 4.45. The Kier molecular flexibility index (Phi) is 8.04. The number of allylic oxidation sites excluding steroid dienone is 1. The highest BCUT2D eigenvalue weighted by atomic mass is 79.9. The molecule has 10 heteroatoms. The van der Waals surface area contributed by atoms with E-state index in [1.165, 1.54) is 11.8 Å². The van der Waals surface area contributed by atoms with Crippen LogP contribution in [0, 0.1) is 0 Å². The molecule has 0 unspecified atom stereocenters. The molecule has 0 aliphatic heterocycles. The van der Waals surface area contributed by atoms with E-state index >= 15 is 0 Å². The van der Waals surface area contributed by atoms with Gasteiger partial charge in [0.1, 0.15) is 5.58 Å². The van der Waals surface area contributed by atoms with Crippen molar-refractivity contribution in [2.24, 2.45) is 0 Å². The summed E-state index contributed by atoms with van der Waals surface area (Å²) < 4.78 is 13.9. The predicted molar refractivity (Wildman–Crippen MR) is 139 cm³/mol. The van der Waals surface area contributed by atoms with Crippen LogP contribution in [0.1, 0.15) is 23.7 Å². The van der Waals surface area contributed by atoms with Gasteiger partial charge in [0.25, 0.3) is 0 Å². The molecular formula is C25H23BrN4O4S. The third-order valence-electron chi connectivity index (χ3n) is 4.88. The van der Waals surface area contributed by atoms with Gasteiger partial charge in [-0.05, 0) is 48.9 Å². The molecule has 0 bridgehead atoms. The minimum atomic E-state index is -0.416. The van der Waals surface area contributed by atoms with Gasteiger partial charge < -0.3 is 14.5 Å². The summed E-state index contributed by atoms with van der Waals surface area (Å²) in [7, 11) is 0. The SMILES string of the molecule is C=CCn1c(SCC(=O)Nc2cccc(C(=O)OCCC)c2)nnc1-c1cc2cc(Br)ccc2o1. The van der Waals surface area contributed by atoms with E-state index in [4.69, 9.17) is 9.15 Å². The zero-order chi connectivity index (χ0) is 24.8. The summed E-state index contributed by atoms with van der Waals surface area (Å²) in [4.78, 5) is 24.7. The van der Waals surface area contributed by atoms with Gasteiger partial charge in [0.2, 0.25) is 11.7 Å². The summed E-state index contributed by atoms with van der Waals surface area (Å²) in [6, 6.07) is 14.3. The molecule has 0 saturated heterocycles. The monoisotopic (exact) mass is 554 g/mol. The van der Waals surface area contributed by atoms with Crippen molar-refractivity contribution in [1.29, 1.82) is 0 Å². The number of furan rings is 1. The normalized spacial score (nSPS) is 10.9. The molecule has 2 heterocycles. The number of thioether (sulfide) groups is 1. The summed E-state index contributed by atoms with van der Waals surface area (Å²) >= 11 is 4.72. The average molecular weight is 555 g/mol. The first-order valence-electron chi connectivity index (χ1n) is 10.9. The fourth-order valence-electron chi connectivity index (χ4n) is 3.33. The summed E-state index contributed by atoms with van der Waals surface area (Å²) in [6.07, 6.45) is 2.48. The zero-order valence-corrected chi connectivity index (χ0v) is 21.4. The number of ether oxygens (including phenoxy) is 1. The van der Waals surface area contributed by atoms with Crippen molar-refractivity contribution in [2.45, 2.75) is 25.0 Å². The maximum absolute atomic E-state index is 12.6. The number of anilines is 1. The Hall–Kier alpha value is -3.37. The smallest absolute Gasteiger partial charge is 0.338 e. The van der Waals surface area contributed by atoms with E-state index in [0.717, 1.165) is 21.9 Å². The van der Waals surface area contributed by atoms with Crippen molar-refractivity contribution >= 4 is 56.2 Å². The van der Waals surface area contributed by atoms with Crippen LogP contribution in [0.2, 0.25) is 0 Å². The number of halogens is 1. The molecule has 0 radical (unpaired) electrons. The number of fused-ring (bicyclic) bond motifs is 1. The van der Waals surface area contributed by atoms with Gasteiger partial charge in [-0.2, -0.15) is 0 Å². The number of amides is 1. The molecule has 1 N–H and O–H groups in total. The van der Waals surface area contributed by atoms with Crippen LogP contribution in [0.3, 0.4) is 0 Å². The van der Waals surface area contributed by atoms with E-state index < -0.39 is 5.97 Å². The highest BCUT2D eigenvalue weighted by Gasteiger charge is 2.18. The van der Waals surface area contributed by atoms with Crippen molar-refractivity contribution in [3.8, 4) is 11.6 Å². The Balaban J connectivity index is 1.45. The zero-order valence-electron chi connectivity index (χ0n) is 19.0. The van der Waals surface area contributed by atoms with E-state index in [9.17, 15) is 9.59 Å². The van der Waals surface area contributed by atoms with Gasteiger partial charge in [-0.3, -0.25) is 9.36 Å². The maximum atomic E-state index is 12.6. The van der Waals surface area contributed by atoms with Crippen LogP contribution in [0.5, 0.6) is 0 Å². The molecule has 1 amide bonds. The van der Waals surface area contributed by atoms with Gasteiger partial charge in [0.05, 0.1) is 17.9 Å². The second-order valence-electron chi connectivity index (χ2n) is 7.55. The number of esters is 1. The lowest BCUT2D eigenvalue weighted by Crippen LogP contribution is -2.15. The molecule has 4 aromatic rings. The summed E-state index contributed by atoms with van der Waals surface area (Å²) in [5.41, 5.74) is 1.64. The first-order valence-corrected chi connectivity index (χ1v) is 12.7. The molecule has 2 aromatic carbocycles. The summed E-state index contributed by atoms with van der Waals surface area (Å²) in [5, 5.41) is 12.9. The Morgan fingerprint density at radius 3 is 2.89 bits per heavy atom. The quantitative estimate of drug-likeness (QED) is 0.147. The molecule has 0 aliphatic carbocycles. The molecule has 2 aromatic heterocycles. The molecule has 0 atom stereocenters. The summed E-state index contributed by atoms with van der Waals surface area (Å²) in [5.74, 6) is 0.582. The number of nitrogens with zero attached hydrogens (tertiary/aromatic N) is 3. The highest BCUT2D eigenvalue weighted by molar-refractivity contribution is 9.10. The molecule has 35 heavy (non-hydrogen) atoms. The van der Waals surface area contributed by atoms with Gasteiger partial charge in [0.15, 0.2) is 10.9 Å². The number of rotatable bonds is 10. The standard InChI is InChI=1S/C25H23BrN4O4S/c1-3-10-30-23(21-14-17-12-18(26)8-9-20(17)34-21)28-29-25(30)35-15-22(31)27-19-7-5-6-16(13-19)24(32)33-11-4-2/h3,5-9,12-14H,1,4,10-11,15H2,2H3,(H,27,31). The van der Waals surface area contributed by atoms with Crippen molar-refractivity contribution in [3.63, 3.8) is 0 Å². The lowest BCUT2D eigenvalue weighted by atomic mass is 10.2. The van der Waals surface area contributed by atoms with Gasteiger partial charge in [-0.25, -0.2) is 4.79 Å². The number of aromatic nitrogens is 3. The van der Waals surface area contributed by atoms with Gasteiger partial charge in [-0.1, -0.05) is 46.8 Å². The molecule has 0 aliphatic rings. The molecule has 8 nitrogen and oxygen atoms in total. The second kappa shape index (κ2) is 11.4. The fraction of sp³-hybridized carbons (Fsp3) is 0.200. The van der Waals surface area contributed by atoms with Crippen LogP contribution in [0.15, 0.2) is 75.2 Å². The van der Waals surface area contributed by atoms with Crippen LogP contribution in [-0.2, 0) is 16.1 Å². The molecular weight excluding hydrogens is 532 g/mol. The highest BCUT2D eigenvalue weighted by Crippen LogP contribution is 2.31. The minimum Gasteiger partial charge on any atom is -0.462 e. The Bertz CT molecular complexity index is 1380. The second-order valence-corrected chi connectivity index (χ2v) is 9.41. The van der Waals surface area contributed by atoms with E-state index in [1.807, 2.05) is 35.8 Å². The minimum absolute atomic E-state index is 0.104. The topological polar surface area (TPSA) is 99.2 Å². The predicted octanol–water partition coefficient (Wildman–Crippen LogP) is 5.94. The first kappa shape index (κ1) is 24.7. The molecule has 0 fully saturated rings. The molecule has 180 valence electrons. The summed E-state index contributed by atoms with van der Waals surface area (Å²) in [6.45, 7) is 6.55.